The third-order valence-electron chi connectivity index (χ3n) is 3.55. The average Bonchev–Trinajstić information content (AvgIpc) is 2.37. The molecule has 0 bridgehead atoms. The summed E-state index contributed by atoms with van der Waals surface area (Å²) in [6.45, 7) is 0.535. The number of rotatable bonds is 4. The van der Waals surface area contributed by atoms with Gasteiger partial charge in [0, 0.05) is 5.02 Å². The van der Waals surface area contributed by atoms with Crippen LogP contribution in [-0.2, 0) is 0 Å². The van der Waals surface area contributed by atoms with Crippen molar-refractivity contribution >= 4 is 11.6 Å². The molecule has 1 atom stereocenters. The first-order valence-corrected chi connectivity index (χ1v) is 7.46. The second kappa shape index (κ2) is 7.56. The minimum Gasteiger partial charge on any atom is -0.492 e. The molecule has 0 saturated carbocycles. The van der Waals surface area contributed by atoms with E-state index in [9.17, 15) is 0 Å². The number of hydrogen-bond donors (Lipinski definition) is 1. The maximum atomic E-state index is 6.23. The van der Waals surface area contributed by atoms with E-state index in [2.05, 4.69) is 6.08 Å². The van der Waals surface area contributed by atoms with Crippen molar-refractivity contribution in [3.63, 3.8) is 0 Å². The van der Waals surface area contributed by atoms with E-state index in [1.54, 1.807) is 0 Å². The Balaban J connectivity index is 1.85. The molecule has 1 aromatic rings. The van der Waals surface area contributed by atoms with E-state index in [0.717, 1.165) is 23.6 Å². The summed E-state index contributed by atoms with van der Waals surface area (Å²) in [5.74, 6) is 0.825. The highest BCUT2D eigenvalue weighted by atomic mass is 35.5. The number of halogens is 1. The minimum atomic E-state index is 0.00813. The highest BCUT2D eigenvalue weighted by molar-refractivity contribution is 6.30. The van der Waals surface area contributed by atoms with Crippen molar-refractivity contribution < 1.29 is 4.74 Å². The van der Waals surface area contributed by atoms with Crippen LogP contribution in [0.1, 0.15) is 38.5 Å². The molecule has 2 rings (SSSR count). The van der Waals surface area contributed by atoms with Gasteiger partial charge in [-0.15, -0.1) is 0 Å². The normalized spacial score (nSPS) is 20.8. The average molecular weight is 280 g/mol. The third kappa shape index (κ3) is 4.88. The Kier molecular flexibility index (Phi) is 5.74. The summed E-state index contributed by atoms with van der Waals surface area (Å²) in [6, 6.07) is 7.42. The van der Waals surface area contributed by atoms with Gasteiger partial charge in [0.1, 0.15) is 12.4 Å². The number of ether oxygens (including phenoxy) is 1. The maximum absolute atomic E-state index is 6.23. The zero-order valence-corrected chi connectivity index (χ0v) is 12.0. The molecule has 0 aliphatic heterocycles. The quantitative estimate of drug-likeness (QED) is 0.833. The summed E-state index contributed by atoms with van der Waals surface area (Å²) in [5.41, 5.74) is 7.58. The van der Waals surface area contributed by atoms with Crippen molar-refractivity contribution in [3.05, 3.63) is 40.9 Å². The molecule has 1 aliphatic carbocycles. The van der Waals surface area contributed by atoms with E-state index >= 15 is 0 Å². The zero-order chi connectivity index (χ0) is 13.5. The van der Waals surface area contributed by atoms with E-state index in [0.29, 0.717) is 6.61 Å². The predicted octanol–water partition coefficient (Wildman–Crippen LogP) is 4.33. The van der Waals surface area contributed by atoms with Crippen LogP contribution in [0.2, 0.25) is 5.02 Å². The molecule has 0 heterocycles. The monoisotopic (exact) mass is 279 g/mol. The second-order valence-electron chi connectivity index (χ2n) is 5.10. The first-order chi connectivity index (χ1) is 9.25. The van der Waals surface area contributed by atoms with Crippen LogP contribution in [0.4, 0.5) is 0 Å². The lowest BCUT2D eigenvalue weighted by Crippen LogP contribution is -2.30. The van der Waals surface area contributed by atoms with Gasteiger partial charge in [0.2, 0.25) is 0 Å². The van der Waals surface area contributed by atoms with E-state index in [1.165, 1.54) is 31.3 Å². The fourth-order valence-electron chi connectivity index (χ4n) is 2.38. The van der Waals surface area contributed by atoms with Gasteiger partial charge in [0.25, 0.3) is 0 Å². The first-order valence-electron chi connectivity index (χ1n) is 7.08. The van der Waals surface area contributed by atoms with Gasteiger partial charge in [-0.05, 0) is 49.9 Å². The lowest BCUT2D eigenvalue weighted by atomic mass is 9.96. The molecule has 3 heteroatoms. The molecule has 1 aromatic carbocycles. The summed E-state index contributed by atoms with van der Waals surface area (Å²) in [6.07, 6.45) is 9.79. The molecule has 0 saturated heterocycles. The summed E-state index contributed by atoms with van der Waals surface area (Å²) in [7, 11) is 0. The van der Waals surface area contributed by atoms with Crippen molar-refractivity contribution in [1.82, 2.24) is 0 Å². The summed E-state index contributed by atoms with van der Waals surface area (Å²) in [4.78, 5) is 0. The number of hydrogen-bond acceptors (Lipinski definition) is 2. The van der Waals surface area contributed by atoms with Gasteiger partial charge in [-0.2, -0.15) is 0 Å². The molecule has 2 nitrogen and oxygen atoms in total. The van der Waals surface area contributed by atoms with Crippen molar-refractivity contribution in [1.29, 1.82) is 0 Å². The number of nitrogens with two attached hydrogens (primary N) is 1. The molecular formula is C16H22ClNO. The summed E-state index contributed by atoms with van der Waals surface area (Å²) in [5, 5.41) is 0.722. The zero-order valence-electron chi connectivity index (χ0n) is 11.3. The standard InChI is InChI=1S/C16H22ClNO/c17-14-8-10-15(11-9-14)19-12-16(18)13-6-4-2-1-3-5-7-13/h6,8-11,16H,1-5,7,12,18H2/b13-6+. The van der Waals surface area contributed by atoms with Crippen LogP contribution in [0, 0.1) is 0 Å². The molecular weight excluding hydrogens is 258 g/mol. The largest absolute Gasteiger partial charge is 0.492 e. The molecule has 0 amide bonds. The molecule has 2 N–H and O–H groups in total. The first kappa shape index (κ1) is 14.4. The van der Waals surface area contributed by atoms with Crippen molar-refractivity contribution in [2.45, 2.75) is 44.6 Å². The van der Waals surface area contributed by atoms with Crippen LogP contribution in [0.25, 0.3) is 0 Å². The molecule has 0 spiro atoms. The van der Waals surface area contributed by atoms with E-state index in [1.807, 2.05) is 24.3 Å². The van der Waals surface area contributed by atoms with Gasteiger partial charge in [0.15, 0.2) is 0 Å². The van der Waals surface area contributed by atoms with Crippen molar-refractivity contribution in [3.8, 4) is 5.75 Å². The Labute approximate surface area is 120 Å². The topological polar surface area (TPSA) is 35.2 Å². The molecule has 1 unspecified atom stereocenters. The maximum Gasteiger partial charge on any atom is 0.119 e. The smallest absolute Gasteiger partial charge is 0.119 e. The van der Waals surface area contributed by atoms with Crippen LogP contribution in [0.3, 0.4) is 0 Å². The van der Waals surface area contributed by atoms with Crippen LogP contribution in [0.5, 0.6) is 5.75 Å². The van der Waals surface area contributed by atoms with Gasteiger partial charge in [-0.1, -0.05) is 36.1 Å². The number of allylic oxidation sites excluding steroid dienone is 1. The Morgan fingerprint density at radius 3 is 2.63 bits per heavy atom. The Bertz CT molecular complexity index is 413. The SMILES string of the molecule is NC(COc1ccc(Cl)cc1)/C1=C/CCCCCC1. The molecule has 0 radical (unpaired) electrons. The second-order valence-corrected chi connectivity index (χ2v) is 5.54. The molecule has 0 aromatic heterocycles. The van der Waals surface area contributed by atoms with E-state index < -0.39 is 0 Å². The van der Waals surface area contributed by atoms with Gasteiger partial charge >= 0.3 is 0 Å². The van der Waals surface area contributed by atoms with Gasteiger partial charge in [0.05, 0.1) is 6.04 Å². The van der Waals surface area contributed by atoms with Crippen molar-refractivity contribution in [2.24, 2.45) is 5.73 Å². The predicted molar refractivity (Wildman–Crippen MR) is 80.7 cm³/mol. The third-order valence-corrected chi connectivity index (χ3v) is 3.80. The Hall–Kier alpha value is -0.990. The minimum absolute atomic E-state index is 0.00813. The fourth-order valence-corrected chi connectivity index (χ4v) is 2.50. The molecule has 1 aliphatic rings. The fraction of sp³-hybridized carbons (Fsp3) is 0.500. The van der Waals surface area contributed by atoms with E-state index in [-0.39, 0.29) is 6.04 Å². The molecule has 19 heavy (non-hydrogen) atoms. The Morgan fingerprint density at radius 2 is 1.84 bits per heavy atom. The Morgan fingerprint density at radius 1 is 1.11 bits per heavy atom. The van der Waals surface area contributed by atoms with Gasteiger partial charge in [-0.3, -0.25) is 0 Å². The molecule has 0 fully saturated rings. The van der Waals surface area contributed by atoms with Crippen molar-refractivity contribution in [2.75, 3.05) is 6.61 Å². The van der Waals surface area contributed by atoms with Gasteiger partial charge < -0.3 is 10.5 Å². The lowest BCUT2D eigenvalue weighted by molar-refractivity contribution is 0.299. The highest BCUT2D eigenvalue weighted by Gasteiger charge is 2.11. The van der Waals surface area contributed by atoms with Crippen LogP contribution < -0.4 is 10.5 Å². The summed E-state index contributed by atoms with van der Waals surface area (Å²) >= 11 is 5.84. The molecule has 104 valence electrons. The van der Waals surface area contributed by atoms with Gasteiger partial charge in [-0.25, -0.2) is 0 Å². The van der Waals surface area contributed by atoms with Crippen LogP contribution >= 0.6 is 11.6 Å². The number of benzene rings is 1. The van der Waals surface area contributed by atoms with Crippen LogP contribution in [0.15, 0.2) is 35.9 Å². The lowest BCUT2D eigenvalue weighted by Gasteiger charge is -2.19. The highest BCUT2D eigenvalue weighted by Crippen LogP contribution is 2.20. The summed E-state index contributed by atoms with van der Waals surface area (Å²) < 4.78 is 5.72. The van der Waals surface area contributed by atoms with Crippen LogP contribution in [-0.4, -0.2) is 12.6 Å². The van der Waals surface area contributed by atoms with E-state index in [4.69, 9.17) is 22.1 Å².